The second-order valence-electron chi connectivity index (χ2n) is 3.97. The first-order valence-corrected chi connectivity index (χ1v) is 5.34. The number of nitrogens with zero attached hydrogens (tertiary/aromatic N) is 2. The van der Waals surface area contributed by atoms with Gasteiger partial charge in [0.25, 0.3) is 0 Å². The van der Waals surface area contributed by atoms with E-state index in [-0.39, 0.29) is 0 Å². The Morgan fingerprint density at radius 3 is 2.86 bits per heavy atom. The highest BCUT2D eigenvalue weighted by Crippen LogP contribution is 2.17. The highest BCUT2D eigenvalue weighted by molar-refractivity contribution is 4.84. The molecule has 0 spiro atoms. The maximum atomic E-state index is 5.08. The van der Waals surface area contributed by atoms with Crippen LogP contribution >= 0.6 is 0 Å². The van der Waals surface area contributed by atoms with Gasteiger partial charge in [-0.1, -0.05) is 5.16 Å². The smallest absolute Gasteiger partial charge is 0.226 e. The zero-order chi connectivity index (χ0) is 9.80. The maximum absolute atomic E-state index is 5.08. The van der Waals surface area contributed by atoms with Crippen molar-refractivity contribution < 1.29 is 4.52 Å². The second-order valence-corrected chi connectivity index (χ2v) is 3.97. The molecule has 1 saturated heterocycles. The first-order valence-electron chi connectivity index (χ1n) is 5.34. The average molecular weight is 195 g/mol. The van der Waals surface area contributed by atoms with E-state index >= 15 is 0 Å². The molecule has 4 nitrogen and oxygen atoms in total. The fraction of sp³-hybridized carbons (Fsp3) is 0.800. The van der Waals surface area contributed by atoms with Crippen LogP contribution in [0.2, 0.25) is 0 Å². The van der Waals surface area contributed by atoms with Crippen LogP contribution in [0, 0.1) is 12.8 Å². The standard InChI is InChI=1S/C10H17N3O/c1-8-12-10(14-13-8)3-2-9-4-6-11-7-5-9/h9,11H,2-7H2,1H3. The molecule has 0 atom stereocenters. The lowest BCUT2D eigenvalue weighted by atomic mass is 9.93. The minimum Gasteiger partial charge on any atom is -0.339 e. The van der Waals surface area contributed by atoms with Crippen LogP contribution in [0.1, 0.15) is 31.0 Å². The summed E-state index contributed by atoms with van der Waals surface area (Å²) in [5, 5.41) is 7.15. The predicted octanol–water partition coefficient (Wildman–Crippen LogP) is 1.31. The Balaban J connectivity index is 1.76. The lowest BCUT2D eigenvalue weighted by Gasteiger charge is -2.21. The van der Waals surface area contributed by atoms with Gasteiger partial charge in [-0.25, -0.2) is 0 Å². The third-order valence-electron chi connectivity index (χ3n) is 2.79. The van der Waals surface area contributed by atoms with Crippen LogP contribution in [0.25, 0.3) is 0 Å². The summed E-state index contributed by atoms with van der Waals surface area (Å²) in [6, 6.07) is 0. The minimum atomic E-state index is 0.741. The molecule has 0 aliphatic carbocycles. The van der Waals surface area contributed by atoms with E-state index in [2.05, 4.69) is 15.5 Å². The van der Waals surface area contributed by atoms with Gasteiger partial charge in [0.15, 0.2) is 5.82 Å². The minimum absolute atomic E-state index is 0.741. The van der Waals surface area contributed by atoms with Crippen molar-refractivity contribution in [3.8, 4) is 0 Å². The van der Waals surface area contributed by atoms with Gasteiger partial charge >= 0.3 is 0 Å². The molecule has 1 aromatic heterocycles. The number of nitrogens with one attached hydrogen (secondary N) is 1. The highest BCUT2D eigenvalue weighted by Gasteiger charge is 2.14. The molecule has 0 amide bonds. The van der Waals surface area contributed by atoms with Gasteiger partial charge in [-0.05, 0) is 45.2 Å². The van der Waals surface area contributed by atoms with Gasteiger partial charge < -0.3 is 9.84 Å². The van der Waals surface area contributed by atoms with Crippen LogP contribution in [0.3, 0.4) is 0 Å². The van der Waals surface area contributed by atoms with Gasteiger partial charge in [0.1, 0.15) is 0 Å². The van der Waals surface area contributed by atoms with Crippen LogP contribution < -0.4 is 5.32 Å². The van der Waals surface area contributed by atoms with E-state index < -0.39 is 0 Å². The van der Waals surface area contributed by atoms with Crippen LogP contribution in [-0.4, -0.2) is 23.2 Å². The normalized spacial score (nSPS) is 18.6. The van der Waals surface area contributed by atoms with Crippen molar-refractivity contribution in [1.29, 1.82) is 0 Å². The maximum Gasteiger partial charge on any atom is 0.226 e. The zero-order valence-corrected chi connectivity index (χ0v) is 8.62. The Morgan fingerprint density at radius 2 is 2.21 bits per heavy atom. The predicted molar refractivity (Wildman–Crippen MR) is 52.9 cm³/mol. The molecule has 78 valence electrons. The Morgan fingerprint density at radius 1 is 1.43 bits per heavy atom. The summed E-state index contributed by atoms with van der Waals surface area (Å²) in [7, 11) is 0. The van der Waals surface area contributed by atoms with Gasteiger partial charge in [-0.15, -0.1) is 0 Å². The largest absolute Gasteiger partial charge is 0.339 e. The second kappa shape index (κ2) is 4.55. The summed E-state index contributed by atoms with van der Waals surface area (Å²) in [4.78, 5) is 4.20. The molecule has 14 heavy (non-hydrogen) atoms. The molecule has 0 saturated carbocycles. The molecule has 1 aromatic rings. The van der Waals surface area contributed by atoms with Gasteiger partial charge in [-0.3, -0.25) is 0 Å². The number of rotatable bonds is 3. The van der Waals surface area contributed by atoms with E-state index in [0.29, 0.717) is 0 Å². The molecule has 1 aliphatic heterocycles. The summed E-state index contributed by atoms with van der Waals surface area (Å²) >= 11 is 0. The fourth-order valence-corrected chi connectivity index (χ4v) is 1.94. The first-order chi connectivity index (χ1) is 6.84. The third-order valence-corrected chi connectivity index (χ3v) is 2.79. The molecule has 2 heterocycles. The summed E-state index contributed by atoms with van der Waals surface area (Å²) in [6.45, 7) is 4.18. The van der Waals surface area contributed by atoms with Crippen LogP contribution in [0.4, 0.5) is 0 Å². The van der Waals surface area contributed by atoms with E-state index in [0.717, 1.165) is 37.1 Å². The molecular weight excluding hydrogens is 178 g/mol. The Bertz CT molecular complexity index is 279. The van der Waals surface area contributed by atoms with Crippen molar-refractivity contribution >= 4 is 0 Å². The van der Waals surface area contributed by atoms with E-state index in [1.165, 1.54) is 19.3 Å². The topological polar surface area (TPSA) is 51.0 Å². The average Bonchev–Trinajstić information content (AvgIpc) is 2.63. The Hall–Kier alpha value is -0.900. The zero-order valence-electron chi connectivity index (χ0n) is 8.62. The molecule has 0 radical (unpaired) electrons. The number of hydrogen-bond donors (Lipinski definition) is 1. The van der Waals surface area contributed by atoms with E-state index in [1.54, 1.807) is 0 Å². The van der Waals surface area contributed by atoms with Gasteiger partial charge in [0, 0.05) is 6.42 Å². The molecular formula is C10H17N3O. The SMILES string of the molecule is Cc1noc(CCC2CCNCC2)n1. The lowest BCUT2D eigenvalue weighted by Crippen LogP contribution is -2.27. The fourth-order valence-electron chi connectivity index (χ4n) is 1.94. The van der Waals surface area contributed by atoms with Gasteiger partial charge in [0.05, 0.1) is 0 Å². The van der Waals surface area contributed by atoms with E-state index in [9.17, 15) is 0 Å². The van der Waals surface area contributed by atoms with Crippen molar-refractivity contribution in [2.45, 2.75) is 32.6 Å². The molecule has 2 rings (SSSR count). The van der Waals surface area contributed by atoms with E-state index in [1.807, 2.05) is 6.92 Å². The number of hydrogen-bond acceptors (Lipinski definition) is 4. The van der Waals surface area contributed by atoms with Crippen LogP contribution in [0.5, 0.6) is 0 Å². The molecule has 0 unspecified atom stereocenters. The monoisotopic (exact) mass is 195 g/mol. The number of aromatic nitrogens is 2. The molecule has 1 fully saturated rings. The highest BCUT2D eigenvalue weighted by atomic mass is 16.5. The van der Waals surface area contributed by atoms with Crippen molar-refractivity contribution in [2.24, 2.45) is 5.92 Å². The molecule has 0 bridgehead atoms. The summed E-state index contributed by atoms with van der Waals surface area (Å²) in [5.74, 6) is 2.37. The van der Waals surface area contributed by atoms with Crippen molar-refractivity contribution in [3.63, 3.8) is 0 Å². The van der Waals surface area contributed by atoms with Gasteiger partial charge in [-0.2, -0.15) is 4.98 Å². The van der Waals surface area contributed by atoms with Crippen LogP contribution in [-0.2, 0) is 6.42 Å². The first kappa shape index (κ1) is 9.65. The Labute approximate surface area is 84.1 Å². The third kappa shape index (κ3) is 2.54. The van der Waals surface area contributed by atoms with Crippen molar-refractivity contribution in [3.05, 3.63) is 11.7 Å². The Kier molecular flexibility index (Phi) is 3.14. The summed E-state index contributed by atoms with van der Waals surface area (Å²) in [6.07, 6.45) is 4.69. The molecule has 1 aliphatic rings. The molecule has 4 heteroatoms. The van der Waals surface area contributed by atoms with Crippen molar-refractivity contribution in [2.75, 3.05) is 13.1 Å². The molecule has 1 N–H and O–H groups in total. The number of aryl methyl sites for hydroxylation is 2. The number of piperidine rings is 1. The summed E-state index contributed by atoms with van der Waals surface area (Å²) < 4.78 is 5.08. The summed E-state index contributed by atoms with van der Waals surface area (Å²) in [5.41, 5.74) is 0. The lowest BCUT2D eigenvalue weighted by molar-refractivity contribution is 0.323. The molecule has 0 aromatic carbocycles. The van der Waals surface area contributed by atoms with E-state index in [4.69, 9.17) is 4.52 Å². The quantitative estimate of drug-likeness (QED) is 0.790. The van der Waals surface area contributed by atoms with Crippen molar-refractivity contribution in [1.82, 2.24) is 15.5 Å². The van der Waals surface area contributed by atoms with Gasteiger partial charge in [0.2, 0.25) is 5.89 Å². The van der Waals surface area contributed by atoms with Crippen LogP contribution in [0.15, 0.2) is 4.52 Å².